The number of carbonyl (C=O) groups excluding carboxylic acids is 2. The van der Waals surface area contributed by atoms with Crippen molar-refractivity contribution in [3.05, 3.63) is 29.8 Å². The molecule has 2 atom stereocenters. The number of hydrogen-bond donors (Lipinski definition) is 4. The minimum absolute atomic E-state index is 0.0157. The molecule has 0 radical (unpaired) electrons. The van der Waals surface area contributed by atoms with Crippen LogP contribution in [-0.4, -0.2) is 52.2 Å². The van der Waals surface area contributed by atoms with Gasteiger partial charge in [0.2, 0.25) is 5.91 Å². The summed E-state index contributed by atoms with van der Waals surface area (Å²) in [5.74, 6) is -1.34. The molecule has 8 nitrogen and oxygen atoms in total. The zero-order valence-corrected chi connectivity index (χ0v) is 12.7. The van der Waals surface area contributed by atoms with Crippen LogP contribution in [0.15, 0.2) is 24.3 Å². The molecular weight excluding hydrogens is 302 g/mol. The number of aromatic hydroxyl groups is 1. The molecule has 1 saturated heterocycles. The third-order valence-electron chi connectivity index (χ3n) is 3.62. The third-order valence-corrected chi connectivity index (χ3v) is 3.62. The van der Waals surface area contributed by atoms with E-state index in [9.17, 15) is 24.6 Å². The van der Waals surface area contributed by atoms with Crippen molar-refractivity contribution >= 4 is 17.9 Å². The first-order valence-electron chi connectivity index (χ1n) is 7.21. The van der Waals surface area contributed by atoms with Gasteiger partial charge in [0.15, 0.2) is 6.04 Å². The van der Waals surface area contributed by atoms with Crippen LogP contribution in [0.2, 0.25) is 0 Å². The van der Waals surface area contributed by atoms with E-state index in [0.29, 0.717) is 25.1 Å². The van der Waals surface area contributed by atoms with Gasteiger partial charge < -0.3 is 25.7 Å². The largest absolute Gasteiger partial charge is 0.508 e. The molecule has 1 heterocycles. The van der Waals surface area contributed by atoms with Crippen molar-refractivity contribution < 1.29 is 24.6 Å². The Hall–Kier alpha value is -2.77. The van der Waals surface area contributed by atoms with Gasteiger partial charge >= 0.3 is 12.0 Å². The summed E-state index contributed by atoms with van der Waals surface area (Å²) in [6.45, 7) is 2.19. The lowest BCUT2D eigenvalue weighted by atomic mass is 10.1. The zero-order valence-electron chi connectivity index (χ0n) is 12.7. The first-order valence-corrected chi connectivity index (χ1v) is 7.21. The lowest BCUT2D eigenvalue weighted by Crippen LogP contribution is -2.44. The monoisotopic (exact) mass is 321 g/mol. The van der Waals surface area contributed by atoms with Gasteiger partial charge in [-0.2, -0.15) is 0 Å². The second-order valence-electron chi connectivity index (χ2n) is 5.44. The van der Waals surface area contributed by atoms with Gasteiger partial charge in [0.1, 0.15) is 5.75 Å². The molecule has 0 unspecified atom stereocenters. The number of phenols is 1. The van der Waals surface area contributed by atoms with E-state index >= 15 is 0 Å². The van der Waals surface area contributed by atoms with Crippen LogP contribution in [0, 0.1) is 0 Å². The molecule has 0 spiro atoms. The average Bonchev–Trinajstić information content (AvgIpc) is 2.93. The number of aliphatic carboxylic acids is 1. The number of urea groups is 1. The molecule has 124 valence electrons. The molecule has 4 N–H and O–H groups in total. The molecule has 1 fully saturated rings. The van der Waals surface area contributed by atoms with E-state index in [1.807, 2.05) is 0 Å². The van der Waals surface area contributed by atoms with Crippen LogP contribution in [0.25, 0.3) is 0 Å². The Kier molecular flexibility index (Phi) is 5.05. The number of likely N-dealkylation sites (tertiary alicyclic amines) is 1. The van der Waals surface area contributed by atoms with E-state index in [1.165, 1.54) is 36.1 Å². The van der Waals surface area contributed by atoms with Crippen LogP contribution in [0.5, 0.6) is 5.75 Å². The SMILES string of the molecule is CC(=O)N[C@H]1CCN(C(=O)N[C@@H](C(=O)O)c2ccc(O)cc2)C1. The third kappa shape index (κ3) is 4.35. The summed E-state index contributed by atoms with van der Waals surface area (Å²) in [7, 11) is 0. The predicted molar refractivity (Wildman–Crippen MR) is 80.8 cm³/mol. The summed E-state index contributed by atoms with van der Waals surface area (Å²) in [6.07, 6.45) is 0.629. The van der Waals surface area contributed by atoms with Crippen molar-refractivity contribution in [3.8, 4) is 5.75 Å². The maximum absolute atomic E-state index is 12.2. The van der Waals surface area contributed by atoms with Crippen molar-refractivity contribution in [2.45, 2.75) is 25.4 Å². The normalized spacial score (nSPS) is 18.3. The molecule has 1 aromatic carbocycles. The van der Waals surface area contributed by atoms with E-state index in [1.54, 1.807) is 0 Å². The highest BCUT2D eigenvalue weighted by Crippen LogP contribution is 2.18. The molecule has 0 saturated carbocycles. The van der Waals surface area contributed by atoms with Crippen molar-refractivity contribution in [1.82, 2.24) is 15.5 Å². The van der Waals surface area contributed by atoms with E-state index < -0.39 is 18.0 Å². The van der Waals surface area contributed by atoms with Gasteiger partial charge in [-0.1, -0.05) is 12.1 Å². The predicted octanol–water partition coefficient (Wildman–Crippen LogP) is 0.438. The van der Waals surface area contributed by atoms with Gasteiger partial charge in [0.25, 0.3) is 0 Å². The van der Waals surface area contributed by atoms with Crippen molar-refractivity contribution in [3.63, 3.8) is 0 Å². The standard InChI is InChI=1S/C15H19N3O5/c1-9(19)16-11-6-7-18(8-11)15(23)17-13(14(21)22)10-2-4-12(20)5-3-10/h2-5,11,13,20H,6-8H2,1H3,(H,16,19)(H,17,23)(H,21,22)/t11-,13+/m0/s1. The van der Waals surface area contributed by atoms with E-state index in [-0.39, 0.29) is 17.7 Å². The lowest BCUT2D eigenvalue weighted by molar-refractivity contribution is -0.139. The molecule has 8 heteroatoms. The van der Waals surface area contributed by atoms with Crippen LogP contribution in [0.3, 0.4) is 0 Å². The van der Waals surface area contributed by atoms with Gasteiger partial charge in [0, 0.05) is 26.1 Å². The Morgan fingerprint density at radius 3 is 2.48 bits per heavy atom. The molecule has 0 bridgehead atoms. The fourth-order valence-electron chi connectivity index (χ4n) is 2.52. The Labute approximate surface area is 133 Å². The van der Waals surface area contributed by atoms with Crippen molar-refractivity contribution in [2.24, 2.45) is 0 Å². The molecular formula is C15H19N3O5. The molecule has 0 aromatic heterocycles. The van der Waals surface area contributed by atoms with E-state index in [4.69, 9.17) is 0 Å². The highest BCUT2D eigenvalue weighted by atomic mass is 16.4. The lowest BCUT2D eigenvalue weighted by Gasteiger charge is -2.21. The highest BCUT2D eigenvalue weighted by Gasteiger charge is 2.30. The van der Waals surface area contributed by atoms with Crippen molar-refractivity contribution in [1.29, 1.82) is 0 Å². The second kappa shape index (κ2) is 6.99. The summed E-state index contributed by atoms with van der Waals surface area (Å²) in [4.78, 5) is 36.1. The number of benzene rings is 1. The Morgan fingerprint density at radius 1 is 1.26 bits per heavy atom. The molecule has 0 aliphatic carbocycles. The molecule has 23 heavy (non-hydrogen) atoms. The van der Waals surface area contributed by atoms with Crippen LogP contribution < -0.4 is 10.6 Å². The van der Waals surface area contributed by atoms with Crippen LogP contribution in [0.1, 0.15) is 24.9 Å². The Balaban J connectivity index is 2.00. The summed E-state index contributed by atoms with van der Waals surface area (Å²) >= 11 is 0. The fraction of sp³-hybridized carbons (Fsp3) is 0.400. The topological polar surface area (TPSA) is 119 Å². The maximum atomic E-state index is 12.2. The molecule has 1 aliphatic heterocycles. The number of carbonyl (C=O) groups is 3. The number of phenolic OH excluding ortho intramolecular Hbond substituents is 1. The summed E-state index contributed by atoms with van der Waals surface area (Å²) in [5, 5.41) is 23.8. The van der Waals surface area contributed by atoms with Gasteiger partial charge in [-0.25, -0.2) is 9.59 Å². The Morgan fingerprint density at radius 2 is 1.91 bits per heavy atom. The maximum Gasteiger partial charge on any atom is 0.330 e. The highest BCUT2D eigenvalue weighted by molar-refractivity contribution is 5.84. The van der Waals surface area contributed by atoms with Gasteiger partial charge in [-0.05, 0) is 24.1 Å². The number of carboxylic acids is 1. The number of carboxylic acid groups (broad SMARTS) is 1. The Bertz CT molecular complexity index is 602. The average molecular weight is 321 g/mol. The number of amides is 3. The van der Waals surface area contributed by atoms with E-state index in [0.717, 1.165) is 0 Å². The van der Waals surface area contributed by atoms with Crippen LogP contribution in [-0.2, 0) is 9.59 Å². The van der Waals surface area contributed by atoms with Crippen LogP contribution >= 0.6 is 0 Å². The summed E-state index contributed by atoms with van der Waals surface area (Å²) in [5.41, 5.74) is 0.362. The van der Waals surface area contributed by atoms with E-state index in [2.05, 4.69) is 10.6 Å². The zero-order chi connectivity index (χ0) is 17.0. The molecule has 2 rings (SSSR count). The number of nitrogens with zero attached hydrogens (tertiary/aromatic N) is 1. The van der Waals surface area contributed by atoms with Crippen molar-refractivity contribution in [2.75, 3.05) is 13.1 Å². The number of hydrogen-bond acceptors (Lipinski definition) is 4. The quantitative estimate of drug-likeness (QED) is 0.641. The second-order valence-corrected chi connectivity index (χ2v) is 5.44. The molecule has 3 amide bonds. The molecule has 1 aliphatic rings. The molecule has 1 aromatic rings. The number of rotatable bonds is 4. The minimum atomic E-state index is -1.21. The van der Waals surface area contributed by atoms with Gasteiger partial charge in [-0.15, -0.1) is 0 Å². The summed E-state index contributed by atoms with van der Waals surface area (Å²) < 4.78 is 0. The van der Waals surface area contributed by atoms with Gasteiger partial charge in [-0.3, -0.25) is 4.79 Å². The minimum Gasteiger partial charge on any atom is -0.508 e. The smallest absolute Gasteiger partial charge is 0.330 e. The van der Waals surface area contributed by atoms with Gasteiger partial charge in [0.05, 0.1) is 0 Å². The number of nitrogens with one attached hydrogen (secondary N) is 2. The fourth-order valence-corrected chi connectivity index (χ4v) is 2.52. The first kappa shape index (κ1) is 16.6. The first-order chi connectivity index (χ1) is 10.9. The van der Waals surface area contributed by atoms with Crippen LogP contribution in [0.4, 0.5) is 4.79 Å². The summed E-state index contributed by atoms with van der Waals surface area (Å²) in [6, 6.07) is 3.79.